The van der Waals surface area contributed by atoms with Crippen molar-refractivity contribution in [3.8, 4) is 0 Å². The predicted octanol–water partition coefficient (Wildman–Crippen LogP) is 3.89. The fraction of sp³-hybridized carbons (Fsp3) is 0.531. The van der Waals surface area contributed by atoms with E-state index in [0.717, 1.165) is 18.8 Å². The zero-order valence-corrected chi connectivity index (χ0v) is 24.6. The van der Waals surface area contributed by atoms with Crippen molar-refractivity contribution < 1.29 is 24.2 Å². The van der Waals surface area contributed by atoms with E-state index in [1.807, 2.05) is 63.2 Å². The van der Waals surface area contributed by atoms with Gasteiger partial charge >= 0.3 is 0 Å². The van der Waals surface area contributed by atoms with E-state index in [0.29, 0.717) is 24.2 Å². The van der Waals surface area contributed by atoms with E-state index in [2.05, 4.69) is 29.4 Å². The largest absolute Gasteiger partial charge is 0.394 e. The van der Waals surface area contributed by atoms with Crippen LogP contribution in [0.5, 0.6) is 0 Å². The molecule has 0 aliphatic carbocycles. The number of ether oxygens (including phenoxy) is 1. The van der Waals surface area contributed by atoms with Crippen LogP contribution in [0.2, 0.25) is 0 Å². The van der Waals surface area contributed by atoms with Gasteiger partial charge in [-0.2, -0.15) is 0 Å². The first-order valence-electron chi connectivity index (χ1n) is 14.8. The standard InChI is InChI=1S/C32H42N4O5/c1-6-23(19-37)36-27(29(39)34-22-14-16-24(17-15-22)35(7-2)8-3)32-18-20(4)31(5,41-32)25(26(32)30(36)40)28(38)33-21-12-10-9-11-13-21/h9-17,20,23,25-27,37H,6-8,18-19H2,1-5H3,(H,33,38)(H,34,39)/t20?,23-,25-,26-,27?,31+,32?/m0/s1. The molecule has 41 heavy (non-hydrogen) atoms. The molecule has 220 valence electrons. The van der Waals surface area contributed by atoms with Crippen LogP contribution in [0.25, 0.3) is 0 Å². The number of hydrogen-bond donors (Lipinski definition) is 3. The number of anilines is 3. The Morgan fingerprint density at radius 3 is 2.22 bits per heavy atom. The number of rotatable bonds is 10. The third-order valence-electron chi connectivity index (χ3n) is 9.66. The lowest BCUT2D eigenvalue weighted by Crippen LogP contribution is -2.56. The van der Waals surface area contributed by atoms with Crippen LogP contribution in [0.1, 0.15) is 47.5 Å². The number of fused-ring (bicyclic) bond motifs is 1. The molecule has 3 aliphatic heterocycles. The second kappa shape index (κ2) is 11.1. The minimum atomic E-state index is -1.18. The molecular weight excluding hydrogens is 520 g/mol. The van der Waals surface area contributed by atoms with E-state index in [1.54, 1.807) is 12.1 Å². The Labute approximate surface area is 242 Å². The molecular formula is C32H42N4O5. The molecule has 3 N–H and O–H groups in total. The third kappa shape index (κ3) is 4.59. The number of aliphatic hydroxyl groups excluding tert-OH is 1. The fourth-order valence-corrected chi connectivity index (χ4v) is 7.48. The number of hydrogen-bond acceptors (Lipinski definition) is 6. The highest BCUT2D eigenvalue weighted by Crippen LogP contribution is 2.65. The van der Waals surface area contributed by atoms with Crippen molar-refractivity contribution in [2.75, 3.05) is 35.2 Å². The van der Waals surface area contributed by atoms with Gasteiger partial charge in [0.25, 0.3) is 0 Å². The normalized spacial score (nSPS) is 30.7. The van der Waals surface area contributed by atoms with Gasteiger partial charge in [0.05, 0.1) is 30.1 Å². The number of para-hydroxylation sites is 1. The molecule has 2 bridgehead atoms. The van der Waals surface area contributed by atoms with Crippen molar-refractivity contribution in [3.05, 3.63) is 54.6 Å². The molecule has 3 fully saturated rings. The van der Waals surface area contributed by atoms with Crippen LogP contribution < -0.4 is 15.5 Å². The first-order chi connectivity index (χ1) is 19.6. The van der Waals surface area contributed by atoms with Crippen molar-refractivity contribution in [2.45, 2.75) is 70.7 Å². The monoisotopic (exact) mass is 562 g/mol. The summed E-state index contributed by atoms with van der Waals surface area (Å²) >= 11 is 0. The quantitative estimate of drug-likeness (QED) is 0.405. The molecule has 7 atom stereocenters. The number of benzene rings is 2. The van der Waals surface area contributed by atoms with E-state index in [9.17, 15) is 19.5 Å². The van der Waals surface area contributed by atoms with E-state index >= 15 is 0 Å². The average molecular weight is 563 g/mol. The van der Waals surface area contributed by atoms with Crippen LogP contribution >= 0.6 is 0 Å². The Morgan fingerprint density at radius 2 is 1.63 bits per heavy atom. The van der Waals surface area contributed by atoms with Crippen LogP contribution in [0.15, 0.2) is 54.6 Å². The van der Waals surface area contributed by atoms with Crippen LogP contribution in [0.3, 0.4) is 0 Å². The number of carbonyl (C=O) groups is 3. The summed E-state index contributed by atoms with van der Waals surface area (Å²) in [7, 11) is 0. The molecule has 3 unspecified atom stereocenters. The summed E-state index contributed by atoms with van der Waals surface area (Å²) in [5.74, 6) is -2.68. The molecule has 5 rings (SSSR count). The molecule has 3 amide bonds. The Kier molecular flexibility index (Phi) is 7.87. The van der Waals surface area contributed by atoms with Gasteiger partial charge in [-0.05, 0) is 75.9 Å². The van der Waals surface area contributed by atoms with Crippen molar-refractivity contribution in [1.29, 1.82) is 0 Å². The highest BCUT2D eigenvalue weighted by atomic mass is 16.5. The average Bonchev–Trinajstić information content (AvgIpc) is 3.48. The van der Waals surface area contributed by atoms with Crippen molar-refractivity contribution in [2.24, 2.45) is 17.8 Å². The maximum atomic E-state index is 14.3. The number of carbonyl (C=O) groups excluding carboxylic acids is 3. The van der Waals surface area contributed by atoms with Crippen LogP contribution in [-0.4, -0.2) is 70.7 Å². The van der Waals surface area contributed by atoms with Gasteiger partial charge in [0.15, 0.2) is 0 Å². The minimum absolute atomic E-state index is 0.0733. The Hall–Kier alpha value is -3.43. The molecule has 0 aromatic heterocycles. The third-order valence-corrected chi connectivity index (χ3v) is 9.66. The lowest BCUT2D eigenvalue weighted by atomic mass is 9.62. The summed E-state index contributed by atoms with van der Waals surface area (Å²) in [6.45, 7) is 11.4. The molecule has 0 saturated carbocycles. The first-order valence-corrected chi connectivity index (χ1v) is 14.8. The SMILES string of the molecule is CC[C@@H](CO)N1C(=O)[C@@H]2[C@@H](C(=O)Nc3ccccc3)[C@]3(C)OC2(CC3C)C1C(=O)Nc1ccc(N(CC)CC)cc1. The molecule has 9 heteroatoms. The second-order valence-electron chi connectivity index (χ2n) is 11.8. The lowest BCUT2D eigenvalue weighted by molar-refractivity contribution is -0.148. The summed E-state index contributed by atoms with van der Waals surface area (Å²) < 4.78 is 6.77. The number of nitrogens with one attached hydrogen (secondary N) is 2. The molecule has 1 spiro atoms. The molecule has 3 saturated heterocycles. The Balaban J connectivity index is 1.50. The van der Waals surface area contributed by atoms with Gasteiger partial charge in [-0.3, -0.25) is 14.4 Å². The van der Waals surface area contributed by atoms with E-state index in [1.165, 1.54) is 4.90 Å². The van der Waals surface area contributed by atoms with Gasteiger partial charge in [0, 0.05) is 30.2 Å². The predicted molar refractivity (Wildman–Crippen MR) is 158 cm³/mol. The van der Waals surface area contributed by atoms with Gasteiger partial charge in [0.1, 0.15) is 11.6 Å². The molecule has 3 aliphatic rings. The van der Waals surface area contributed by atoms with Crippen LogP contribution in [0, 0.1) is 17.8 Å². The molecule has 0 radical (unpaired) electrons. The summed E-state index contributed by atoms with van der Waals surface area (Å²) in [6, 6.07) is 15.2. The number of nitrogens with zero attached hydrogens (tertiary/aromatic N) is 2. The van der Waals surface area contributed by atoms with Crippen molar-refractivity contribution >= 4 is 34.8 Å². The maximum Gasteiger partial charge on any atom is 0.250 e. The summed E-state index contributed by atoms with van der Waals surface area (Å²) in [5.41, 5.74) is 0.202. The fourth-order valence-electron chi connectivity index (χ4n) is 7.48. The van der Waals surface area contributed by atoms with Gasteiger partial charge in [0.2, 0.25) is 17.7 Å². The molecule has 3 heterocycles. The van der Waals surface area contributed by atoms with Crippen molar-refractivity contribution in [1.82, 2.24) is 4.90 Å². The van der Waals surface area contributed by atoms with Gasteiger partial charge in [-0.1, -0.05) is 32.0 Å². The zero-order chi connectivity index (χ0) is 29.5. The zero-order valence-electron chi connectivity index (χ0n) is 24.6. The van der Waals surface area contributed by atoms with Gasteiger partial charge in [-0.15, -0.1) is 0 Å². The Morgan fingerprint density at radius 1 is 1.02 bits per heavy atom. The molecule has 2 aromatic rings. The number of aliphatic hydroxyl groups is 1. The number of amides is 3. The molecule has 2 aromatic carbocycles. The topological polar surface area (TPSA) is 111 Å². The minimum Gasteiger partial charge on any atom is -0.394 e. The summed E-state index contributed by atoms with van der Waals surface area (Å²) in [6.07, 6.45) is 0.924. The number of likely N-dealkylation sites (tertiary alicyclic amines) is 1. The maximum absolute atomic E-state index is 14.3. The second-order valence-corrected chi connectivity index (χ2v) is 11.8. The molecule has 9 nitrogen and oxygen atoms in total. The van der Waals surface area contributed by atoms with E-state index < -0.39 is 35.1 Å². The van der Waals surface area contributed by atoms with E-state index in [4.69, 9.17) is 4.74 Å². The lowest BCUT2D eigenvalue weighted by Gasteiger charge is -2.36. The van der Waals surface area contributed by atoms with Gasteiger partial charge in [-0.25, -0.2) is 0 Å². The van der Waals surface area contributed by atoms with Crippen LogP contribution in [0.4, 0.5) is 17.1 Å². The highest BCUT2D eigenvalue weighted by Gasteiger charge is 2.80. The van der Waals surface area contributed by atoms with E-state index in [-0.39, 0.29) is 30.2 Å². The summed E-state index contributed by atoms with van der Waals surface area (Å²) in [5, 5.41) is 16.3. The Bertz CT molecular complexity index is 1280. The van der Waals surface area contributed by atoms with Crippen LogP contribution in [-0.2, 0) is 19.1 Å². The highest BCUT2D eigenvalue weighted by molar-refractivity contribution is 6.05. The summed E-state index contributed by atoms with van der Waals surface area (Å²) in [4.78, 5) is 46.0. The van der Waals surface area contributed by atoms with Gasteiger partial charge < -0.3 is 30.3 Å². The first kappa shape index (κ1) is 29.1. The smallest absolute Gasteiger partial charge is 0.250 e. The van der Waals surface area contributed by atoms with Crippen molar-refractivity contribution in [3.63, 3.8) is 0 Å².